The summed E-state index contributed by atoms with van der Waals surface area (Å²) >= 11 is 0. The van der Waals surface area contributed by atoms with Crippen LogP contribution in [0.4, 0.5) is 0 Å². The molecule has 0 aliphatic carbocycles. The molecule has 4 N–H and O–H groups in total. The fourth-order valence-electron chi connectivity index (χ4n) is 1.40. The Labute approximate surface area is 112 Å². The number of amides is 2. The van der Waals surface area contributed by atoms with Crippen molar-refractivity contribution in [1.82, 2.24) is 10.6 Å². The zero-order valence-electron chi connectivity index (χ0n) is 10.9. The molecule has 0 atom stereocenters. The lowest BCUT2D eigenvalue weighted by atomic mass is 10.2. The van der Waals surface area contributed by atoms with Gasteiger partial charge in [0.2, 0.25) is 11.8 Å². The van der Waals surface area contributed by atoms with Crippen molar-refractivity contribution >= 4 is 11.8 Å². The summed E-state index contributed by atoms with van der Waals surface area (Å²) in [6.45, 7) is 0.657. The Morgan fingerprint density at radius 2 is 1.84 bits per heavy atom. The third kappa shape index (κ3) is 5.87. The van der Waals surface area contributed by atoms with Crippen molar-refractivity contribution < 1.29 is 14.3 Å². The van der Waals surface area contributed by atoms with Crippen LogP contribution in [-0.2, 0) is 16.1 Å². The summed E-state index contributed by atoms with van der Waals surface area (Å²) in [7, 11) is 1.60. The molecule has 6 nitrogen and oxygen atoms in total. The van der Waals surface area contributed by atoms with E-state index in [1.807, 2.05) is 24.3 Å². The van der Waals surface area contributed by atoms with Gasteiger partial charge in [0.1, 0.15) is 5.75 Å². The summed E-state index contributed by atoms with van der Waals surface area (Å²) in [6, 6.07) is 7.38. The number of hydrogen-bond donors (Lipinski definition) is 3. The molecule has 19 heavy (non-hydrogen) atoms. The Bertz CT molecular complexity index is 418. The number of ether oxygens (including phenoxy) is 1. The molecule has 0 radical (unpaired) electrons. The van der Waals surface area contributed by atoms with E-state index in [1.54, 1.807) is 7.11 Å². The van der Waals surface area contributed by atoms with Gasteiger partial charge in [-0.15, -0.1) is 0 Å². The van der Waals surface area contributed by atoms with Gasteiger partial charge in [-0.3, -0.25) is 9.59 Å². The zero-order chi connectivity index (χ0) is 14.1. The van der Waals surface area contributed by atoms with Gasteiger partial charge in [-0.05, 0) is 17.7 Å². The normalized spacial score (nSPS) is 9.79. The molecule has 1 aromatic carbocycles. The van der Waals surface area contributed by atoms with Crippen molar-refractivity contribution in [2.45, 2.75) is 13.0 Å². The molecule has 0 saturated heterocycles. The van der Waals surface area contributed by atoms with E-state index in [-0.39, 0.29) is 31.3 Å². The number of nitrogens with one attached hydrogen (secondary N) is 2. The van der Waals surface area contributed by atoms with Crippen molar-refractivity contribution in [2.24, 2.45) is 5.73 Å². The highest BCUT2D eigenvalue weighted by Gasteiger charge is 2.04. The SMILES string of the molecule is COc1ccc(CNC(=O)CNC(=O)CCN)cc1. The number of nitrogens with two attached hydrogens (primary N) is 1. The first-order chi connectivity index (χ1) is 9.15. The van der Waals surface area contributed by atoms with E-state index >= 15 is 0 Å². The third-order valence-electron chi connectivity index (χ3n) is 2.47. The average molecular weight is 265 g/mol. The lowest BCUT2D eigenvalue weighted by Crippen LogP contribution is -2.37. The van der Waals surface area contributed by atoms with E-state index in [9.17, 15) is 9.59 Å². The minimum atomic E-state index is -0.235. The van der Waals surface area contributed by atoms with Gasteiger partial charge in [-0.25, -0.2) is 0 Å². The number of methoxy groups -OCH3 is 1. The highest BCUT2D eigenvalue weighted by atomic mass is 16.5. The molecule has 0 aliphatic heterocycles. The van der Waals surface area contributed by atoms with E-state index in [4.69, 9.17) is 10.5 Å². The molecule has 1 aromatic rings. The van der Waals surface area contributed by atoms with Crippen LogP contribution in [0.1, 0.15) is 12.0 Å². The molecular weight excluding hydrogens is 246 g/mol. The number of hydrogen-bond acceptors (Lipinski definition) is 4. The van der Waals surface area contributed by atoms with E-state index in [2.05, 4.69) is 10.6 Å². The molecule has 1 rings (SSSR count). The third-order valence-corrected chi connectivity index (χ3v) is 2.47. The zero-order valence-corrected chi connectivity index (χ0v) is 10.9. The van der Waals surface area contributed by atoms with Crippen LogP contribution in [0.2, 0.25) is 0 Å². The predicted molar refractivity (Wildman–Crippen MR) is 71.5 cm³/mol. The monoisotopic (exact) mass is 265 g/mol. The maximum atomic E-state index is 11.5. The largest absolute Gasteiger partial charge is 0.497 e. The summed E-state index contributed by atoms with van der Waals surface area (Å²) in [5.74, 6) is 0.312. The molecule has 0 heterocycles. The van der Waals surface area contributed by atoms with E-state index < -0.39 is 0 Å². The summed E-state index contributed by atoms with van der Waals surface area (Å²) in [5, 5.41) is 5.20. The first kappa shape index (κ1) is 15.0. The number of carbonyl (C=O) groups is 2. The van der Waals surface area contributed by atoms with Crippen LogP contribution < -0.4 is 21.1 Å². The second-order valence-electron chi connectivity index (χ2n) is 3.94. The Hall–Kier alpha value is -2.08. The van der Waals surface area contributed by atoms with Crippen molar-refractivity contribution in [3.05, 3.63) is 29.8 Å². The van der Waals surface area contributed by atoms with Gasteiger partial charge < -0.3 is 21.1 Å². The standard InChI is InChI=1S/C13H19N3O3/c1-19-11-4-2-10(3-5-11)8-15-13(18)9-16-12(17)6-7-14/h2-5H,6-9,14H2,1H3,(H,15,18)(H,16,17). The first-order valence-corrected chi connectivity index (χ1v) is 6.02. The average Bonchev–Trinajstić information content (AvgIpc) is 2.44. The maximum Gasteiger partial charge on any atom is 0.239 e. The van der Waals surface area contributed by atoms with Crippen molar-refractivity contribution in [1.29, 1.82) is 0 Å². The number of rotatable bonds is 7. The molecule has 6 heteroatoms. The van der Waals surface area contributed by atoms with Crippen LogP contribution in [0.3, 0.4) is 0 Å². The molecule has 0 aromatic heterocycles. The second kappa shape index (κ2) is 8.10. The molecule has 0 bridgehead atoms. The lowest BCUT2D eigenvalue weighted by molar-refractivity contribution is -0.126. The summed E-state index contributed by atoms with van der Waals surface area (Å²) in [6.07, 6.45) is 0.228. The van der Waals surface area contributed by atoms with Gasteiger partial charge in [0.05, 0.1) is 13.7 Å². The lowest BCUT2D eigenvalue weighted by Gasteiger charge is -2.07. The van der Waals surface area contributed by atoms with Crippen LogP contribution in [-0.4, -0.2) is 32.0 Å². The smallest absolute Gasteiger partial charge is 0.239 e. The van der Waals surface area contributed by atoms with E-state index in [0.717, 1.165) is 11.3 Å². The molecule has 0 aliphatic rings. The van der Waals surface area contributed by atoms with E-state index in [1.165, 1.54) is 0 Å². The summed E-state index contributed by atoms with van der Waals surface area (Å²) in [5.41, 5.74) is 6.18. The number of carbonyl (C=O) groups excluding carboxylic acids is 2. The number of benzene rings is 1. The van der Waals surface area contributed by atoms with E-state index in [0.29, 0.717) is 6.54 Å². The topological polar surface area (TPSA) is 93.5 Å². The fourth-order valence-corrected chi connectivity index (χ4v) is 1.40. The molecule has 0 unspecified atom stereocenters. The summed E-state index contributed by atoms with van der Waals surface area (Å²) < 4.78 is 5.04. The van der Waals surface area contributed by atoms with Gasteiger partial charge in [-0.1, -0.05) is 12.1 Å². The summed E-state index contributed by atoms with van der Waals surface area (Å²) in [4.78, 5) is 22.6. The minimum absolute atomic E-state index is 0.0327. The highest BCUT2D eigenvalue weighted by molar-refractivity contribution is 5.84. The Kier molecular flexibility index (Phi) is 6.38. The van der Waals surface area contributed by atoms with Crippen molar-refractivity contribution in [2.75, 3.05) is 20.2 Å². The Morgan fingerprint density at radius 1 is 1.16 bits per heavy atom. The fraction of sp³-hybridized carbons (Fsp3) is 0.385. The van der Waals surface area contributed by atoms with Crippen molar-refractivity contribution in [3.63, 3.8) is 0 Å². The first-order valence-electron chi connectivity index (χ1n) is 6.02. The minimum Gasteiger partial charge on any atom is -0.497 e. The molecule has 2 amide bonds. The molecule has 0 fully saturated rings. The quantitative estimate of drug-likeness (QED) is 0.635. The van der Waals surface area contributed by atoms with Crippen LogP contribution in [0.5, 0.6) is 5.75 Å². The second-order valence-corrected chi connectivity index (χ2v) is 3.94. The van der Waals surface area contributed by atoms with Gasteiger partial charge in [0.25, 0.3) is 0 Å². The van der Waals surface area contributed by atoms with Gasteiger partial charge in [-0.2, -0.15) is 0 Å². The van der Waals surface area contributed by atoms with Crippen molar-refractivity contribution in [3.8, 4) is 5.75 Å². The van der Waals surface area contributed by atoms with Crippen LogP contribution in [0.15, 0.2) is 24.3 Å². The van der Waals surface area contributed by atoms with Crippen LogP contribution in [0, 0.1) is 0 Å². The van der Waals surface area contributed by atoms with Crippen LogP contribution in [0.25, 0.3) is 0 Å². The van der Waals surface area contributed by atoms with Gasteiger partial charge >= 0.3 is 0 Å². The Balaban J connectivity index is 2.27. The highest BCUT2D eigenvalue weighted by Crippen LogP contribution is 2.10. The van der Waals surface area contributed by atoms with Gasteiger partial charge in [0.15, 0.2) is 0 Å². The molecular formula is C13H19N3O3. The van der Waals surface area contributed by atoms with Gasteiger partial charge in [0, 0.05) is 19.5 Å². The predicted octanol–water partition coefficient (Wildman–Crippen LogP) is -0.224. The maximum absolute atomic E-state index is 11.5. The molecule has 0 spiro atoms. The molecule has 104 valence electrons. The molecule has 0 saturated carbocycles. The van der Waals surface area contributed by atoms with Crippen LogP contribution >= 0.6 is 0 Å². The Morgan fingerprint density at radius 3 is 2.42 bits per heavy atom.